The van der Waals surface area contributed by atoms with Gasteiger partial charge in [0.2, 0.25) is 0 Å². The lowest BCUT2D eigenvalue weighted by molar-refractivity contribution is 0.0660. The zero-order chi connectivity index (χ0) is 16.8. The minimum Gasteiger partial charge on any atom is -0.385 e. The molecule has 3 nitrogen and oxygen atoms in total. The Morgan fingerprint density at radius 2 is 2.12 bits per heavy atom. The van der Waals surface area contributed by atoms with E-state index in [2.05, 4.69) is 29.6 Å². The van der Waals surface area contributed by atoms with Crippen LogP contribution in [0.15, 0.2) is 41.8 Å². The van der Waals surface area contributed by atoms with Gasteiger partial charge in [0.1, 0.15) is 0 Å². The predicted molar refractivity (Wildman–Crippen MR) is 99.5 cm³/mol. The maximum absolute atomic E-state index is 12.8. The van der Waals surface area contributed by atoms with E-state index in [-0.39, 0.29) is 5.91 Å². The molecule has 0 unspecified atom stereocenters. The number of hydrogen-bond acceptors (Lipinski definition) is 3. The van der Waals surface area contributed by atoms with Crippen LogP contribution in [0.25, 0.3) is 10.4 Å². The Balaban J connectivity index is 1.61. The average molecular weight is 343 g/mol. The highest BCUT2D eigenvalue weighted by atomic mass is 32.1. The first kappa shape index (κ1) is 17.2. The standard InChI is InChI=1S/C20H25NO2S/c1-23-13-3-6-16-5-2-12-21(15-16)20(22)18-10-8-17(9-11-18)19-7-4-14-24-19/h4,7-11,14,16H,2-3,5-6,12-13,15H2,1H3/t16-/m1/s1. The molecule has 1 aromatic heterocycles. The number of likely N-dealkylation sites (tertiary alicyclic amines) is 1. The van der Waals surface area contributed by atoms with Gasteiger partial charge in [0.25, 0.3) is 5.91 Å². The Kier molecular flexibility index (Phi) is 6.05. The summed E-state index contributed by atoms with van der Waals surface area (Å²) >= 11 is 1.72. The molecule has 4 heteroatoms. The highest BCUT2D eigenvalue weighted by molar-refractivity contribution is 7.13. The molecule has 1 saturated heterocycles. The lowest BCUT2D eigenvalue weighted by atomic mass is 9.93. The molecule has 3 rings (SSSR count). The summed E-state index contributed by atoms with van der Waals surface area (Å²) in [6.45, 7) is 2.58. The number of rotatable bonds is 6. The Hall–Kier alpha value is -1.65. The summed E-state index contributed by atoms with van der Waals surface area (Å²) in [4.78, 5) is 16.0. The van der Waals surface area contributed by atoms with Crippen LogP contribution in [0.2, 0.25) is 0 Å². The van der Waals surface area contributed by atoms with Gasteiger partial charge in [0, 0.05) is 37.2 Å². The minimum atomic E-state index is 0.171. The summed E-state index contributed by atoms with van der Waals surface area (Å²) in [6.07, 6.45) is 4.56. The lowest BCUT2D eigenvalue weighted by Crippen LogP contribution is -2.40. The largest absolute Gasteiger partial charge is 0.385 e. The van der Waals surface area contributed by atoms with Crippen LogP contribution in [-0.4, -0.2) is 37.6 Å². The minimum absolute atomic E-state index is 0.171. The SMILES string of the molecule is COCCC[C@H]1CCCN(C(=O)c2ccc(-c3cccs3)cc2)C1. The van der Waals surface area contributed by atoms with E-state index < -0.39 is 0 Å². The molecule has 2 aromatic rings. The molecule has 0 N–H and O–H groups in total. The van der Waals surface area contributed by atoms with Gasteiger partial charge >= 0.3 is 0 Å². The number of amides is 1. The number of methoxy groups -OCH3 is 1. The number of nitrogens with zero attached hydrogens (tertiary/aromatic N) is 1. The molecule has 0 radical (unpaired) electrons. The van der Waals surface area contributed by atoms with Gasteiger partial charge in [-0.1, -0.05) is 18.2 Å². The van der Waals surface area contributed by atoms with Gasteiger partial charge in [-0.2, -0.15) is 0 Å². The molecule has 1 amide bonds. The van der Waals surface area contributed by atoms with Crippen molar-refractivity contribution in [1.29, 1.82) is 0 Å². The maximum atomic E-state index is 12.8. The van der Waals surface area contributed by atoms with Gasteiger partial charge < -0.3 is 9.64 Å². The van der Waals surface area contributed by atoms with Crippen LogP contribution in [0, 0.1) is 5.92 Å². The van der Waals surface area contributed by atoms with Crippen LogP contribution in [0.5, 0.6) is 0 Å². The molecule has 0 saturated carbocycles. The molecule has 0 spiro atoms. The van der Waals surface area contributed by atoms with Gasteiger partial charge in [-0.05, 0) is 60.7 Å². The smallest absolute Gasteiger partial charge is 0.253 e. The molecule has 0 aliphatic carbocycles. The highest BCUT2D eigenvalue weighted by Gasteiger charge is 2.24. The molecule has 2 heterocycles. The molecule has 1 aromatic carbocycles. The molecule has 128 valence electrons. The van der Waals surface area contributed by atoms with Crippen LogP contribution in [0.1, 0.15) is 36.0 Å². The quantitative estimate of drug-likeness (QED) is 0.712. The number of ether oxygens (including phenoxy) is 1. The number of benzene rings is 1. The first-order valence-corrected chi connectivity index (χ1v) is 9.58. The molecular formula is C20H25NO2S. The van der Waals surface area contributed by atoms with E-state index in [4.69, 9.17) is 4.74 Å². The summed E-state index contributed by atoms with van der Waals surface area (Å²) in [5.74, 6) is 0.785. The summed E-state index contributed by atoms with van der Waals surface area (Å²) in [6, 6.07) is 12.2. The van der Waals surface area contributed by atoms with Crippen molar-refractivity contribution in [1.82, 2.24) is 4.90 Å². The van der Waals surface area contributed by atoms with Gasteiger partial charge in [0.15, 0.2) is 0 Å². The molecule has 0 bridgehead atoms. The van der Waals surface area contributed by atoms with E-state index in [1.807, 2.05) is 17.0 Å². The highest BCUT2D eigenvalue weighted by Crippen LogP contribution is 2.26. The van der Waals surface area contributed by atoms with Crippen LogP contribution in [0.3, 0.4) is 0 Å². The van der Waals surface area contributed by atoms with Gasteiger partial charge in [0.05, 0.1) is 0 Å². The number of piperidine rings is 1. The third-order valence-corrected chi connectivity index (χ3v) is 5.62. The number of carbonyl (C=O) groups is 1. The first-order valence-electron chi connectivity index (χ1n) is 8.70. The summed E-state index contributed by atoms with van der Waals surface area (Å²) < 4.78 is 5.14. The van der Waals surface area contributed by atoms with Crippen LogP contribution >= 0.6 is 11.3 Å². The topological polar surface area (TPSA) is 29.5 Å². The van der Waals surface area contributed by atoms with Crippen LogP contribution in [0.4, 0.5) is 0 Å². The van der Waals surface area contributed by atoms with Crippen molar-refractivity contribution in [2.75, 3.05) is 26.8 Å². The van der Waals surface area contributed by atoms with E-state index in [0.717, 1.165) is 44.5 Å². The number of hydrogen-bond donors (Lipinski definition) is 0. The van der Waals surface area contributed by atoms with Crippen molar-refractivity contribution in [3.05, 3.63) is 47.3 Å². The van der Waals surface area contributed by atoms with Gasteiger partial charge in [-0.3, -0.25) is 4.79 Å². The van der Waals surface area contributed by atoms with Crippen molar-refractivity contribution in [2.24, 2.45) is 5.92 Å². The Bertz CT molecular complexity index is 636. The molecule has 1 fully saturated rings. The Labute approximate surface area is 148 Å². The fourth-order valence-corrected chi connectivity index (χ4v) is 4.14. The summed E-state index contributed by atoms with van der Waals surface area (Å²) in [5.41, 5.74) is 1.98. The summed E-state index contributed by atoms with van der Waals surface area (Å²) in [7, 11) is 1.75. The third-order valence-electron chi connectivity index (χ3n) is 4.70. The van der Waals surface area contributed by atoms with E-state index in [1.165, 1.54) is 16.9 Å². The second-order valence-electron chi connectivity index (χ2n) is 6.45. The Morgan fingerprint density at radius 1 is 1.29 bits per heavy atom. The number of thiophene rings is 1. The Morgan fingerprint density at radius 3 is 2.83 bits per heavy atom. The van der Waals surface area contributed by atoms with Crippen LogP contribution < -0.4 is 0 Å². The normalized spacial score (nSPS) is 17.9. The fourth-order valence-electron chi connectivity index (χ4n) is 3.40. The van der Waals surface area contributed by atoms with Crippen molar-refractivity contribution in [3.63, 3.8) is 0 Å². The van der Waals surface area contributed by atoms with E-state index in [0.29, 0.717) is 5.92 Å². The molecular weight excluding hydrogens is 318 g/mol. The second kappa shape index (κ2) is 8.45. The van der Waals surface area contributed by atoms with E-state index in [9.17, 15) is 4.79 Å². The van der Waals surface area contributed by atoms with Gasteiger partial charge in [-0.15, -0.1) is 11.3 Å². The van der Waals surface area contributed by atoms with Crippen molar-refractivity contribution < 1.29 is 9.53 Å². The van der Waals surface area contributed by atoms with Crippen molar-refractivity contribution >= 4 is 17.2 Å². The van der Waals surface area contributed by atoms with Gasteiger partial charge in [-0.25, -0.2) is 0 Å². The monoisotopic (exact) mass is 343 g/mol. The second-order valence-corrected chi connectivity index (χ2v) is 7.40. The maximum Gasteiger partial charge on any atom is 0.253 e. The fraction of sp³-hybridized carbons (Fsp3) is 0.450. The molecule has 24 heavy (non-hydrogen) atoms. The molecule has 1 aliphatic heterocycles. The van der Waals surface area contributed by atoms with Crippen molar-refractivity contribution in [2.45, 2.75) is 25.7 Å². The summed E-state index contributed by atoms with van der Waals surface area (Å²) in [5, 5.41) is 2.08. The van der Waals surface area contributed by atoms with Crippen LogP contribution in [-0.2, 0) is 4.74 Å². The lowest BCUT2D eigenvalue weighted by Gasteiger charge is -2.33. The average Bonchev–Trinajstić information content (AvgIpc) is 3.16. The molecule has 1 aliphatic rings. The third kappa shape index (κ3) is 4.25. The van der Waals surface area contributed by atoms with E-state index >= 15 is 0 Å². The van der Waals surface area contributed by atoms with E-state index in [1.54, 1.807) is 18.4 Å². The zero-order valence-electron chi connectivity index (χ0n) is 14.2. The predicted octanol–water partition coefficient (Wildman–Crippen LogP) is 4.69. The molecule has 1 atom stereocenters. The van der Waals surface area contributed by atoms with Crippen molar-refractivity contribution in [3.8, 4) is 10.4 Å². The zero-order valence-corrected chi connectivity index (χ0v) is 15.1. The number of carbonyl (C=O) groups excluding carboxylic acids is 1. The first-order chi connectivity index (χ1) is 11.8.